The maximum atomic E-state index is 12.3. The lowest BCUT2D eigenvalue weighted by Gasteiger charge is -2.22. The summed E-state index contributed by atoms with van der Waals surface area (Å²) in [5, 5.41) is 27.6. The van der Waals surface area contributed by atoms with Crippen molar-refractivity contribution in [3.63, 3.8) is 0 Å². The molecular weight excluding hydrogens is 350 g/mol. The third-order valence-electron chi connectivity index (χ3n) is 3.38. The fourth-order valence-electron chi connectivity index (χ4n) is 2.02. The highest BCUT2D eigenvalue weighted by Crippen LogP contribution is 2.24. The van der Waals surface area contributed by atoms with Crippen LogP contribution in [-0.4, -0.2) is 47.7 Å². The number of aliphatic hydroxyl groups excluding tert-OH is 1. The van der Waals surface area contributed by atoms with Crippen LogP contribution in [-0.2, 0) is 14.6 Å². The van der Waals surface area contributed by atoms with Gasteiger partial charge in [-0.2, -0.15) is 0 Å². The third-order valence-corrected chi connectivity index (χ3v) is 5.22. The molecule has 4 N–H and O–H groups in total. The standard InChI is InChI=1S/C16H17NO7S/c18-10-16(20,15(19)17-21)11-25(22,23)14-8-6-13(7-9-14)24-12-4-2-1-3-5-12/h1-9,18,20-21H,10-11H2,(H,17,19). The van der Waals surface area contributed by atoms with E-state index in [1.54, 1.807) is 24.3 Å². The van der Waals surface area contributed by atoms with E-state index in [1.807, 2.05) is 6.07 Å². The number of amides is 1. The number of hydroxylamine groups is 1. The van der Waals surface area contributed by atoms with Crippen molar-refractivity contribution in [3.05, 3.63) is 54.6 Å². The number of nitrogens with one attached hydrogen (secondary N) is 1. The SMILES string of the molecule is O=C(NO)C(O)(CO)CS(=O)(=O)c1ccc(Oc2ccccc2)cc1. The molecule has 0 aliphatic heterocycles. The number of rotatable bonds is 7. The fraction of sp³-hybridized carbons (Fsp3) is 0.188. The molecule has 0 radical (unpaired) electrons. The molecule has 1 atom stereocenters. The lowest BCUT2D eigenvalue weighted by molar-refractivity contribution is -0.150. The normalized spacial score (nSPS) is 13.7. The Morgan fingerprint density at radius 3 is 2.12 bits per heavy atom. The Balaban J connectivity index is 2.18. The zero-order chi connectivity index (χ0) is 18.5. The Bertz CT molecular complexity index is 821. The van der Waals surface area contributed by atoms with Crippen molar-refractivity contribution in [2.45, 2.75) is 10.5 Å². The van der Waals surface area contributed by atoms with E-state index < -0.39 is 33.7 Å². The Morgan fingerprint density at radius 1 is 1.04 bits per heavy atom. The molecule has 134 valence electrons. The number of hydrogen-bond acceptors (Lipinski definition) is 7. The summed E-state index contributed by atoms with van der Waals surface area (Å²) in [5.74, 6) is -1.53. The average molecular weight is 367 g/mol. The van der Waals surface area contributed by atoms with Crippen molar-refractivity contribution in [3.8, 4) is 11.5 Å². The summed E-state index contributed by atoms with van der Waals surface area (Å²) < 4.78 is 30.2. The molecule has 0 bridgehead atoms. The number of hydrogen-bond donors (Lipinski definition) is 4. The number of carbonyl (C=O) groups excluding carboxylic acids is 1. The molecule has 0 heterocycles. The molecule has 1 amide bonds. The molecule has 9 heteroatoms. The van der Waals surface area contributed by atoms with Crippen molar-refractivity contribution >= 4 is 15.7 Å². The van der Waals surface area contributed by atoms with Gasteiger partial charge in [0.2, 0.25) is 0 Å². The van der Waals surface area contributed by atoms with Gasteiger partial charge in [0.05, 0.1) is 17.3 Å². The van der Waals surface area contributed by atoms with Crippen LogP contribution >= 0.6 is 0 Å². The molecular formula is C16H17NO7S. The Labute approximate surface area is 144 Å². The van der Waals surface area contributed by atoms with Crippen LogP contribution in [0.25, 0.3) is 0 Å². The molecule has 2 aromatic carbocycles. The highest BCUT2D eigenvalue weighted by molar-refractivity contribution is 7.91. The molecule has 0 aromatic heterocycles. The van der Waals surface area contributed by atoms with Gasteiger partial charge in [-0.25, -0.2) is 13.9 Å². The quantitative estimate of drug-likeness (QED) is 0.413. The number of ether oxygens (including phenoxy) is 1. The summed E-state index contributed by atoms with van der Waals surface area (Å²) in [6, 6.07) is 14.2. The zero-order valence-electron chi connectivity index (χ0n) is 13.0. The molecule has 25 heavy (non-hydrogen) atoms. The third kappa shape index (κ3) is 4.54. The van der Waals surface area contributed by atoms with Gasteiger partial charge in [-0.3, -0.25) is 10.0 Å². The number of aliphatic hydroxyl groups is 2. The van der Waals surface area contributed by atoms with Crippen molar-refractivity contribution < 1.29 is 33.4 Å². The van der Waals surface area contributed by atoms with Gasteiger partial charge in [-0.1, -0.05) is 18.2 Å². The average Bonchev–Trinajstić information content (AvgIpc) is 2.62. The molecule has 0 saturated carbocycles. The van der Waals surface area contributed by atoms with Crippen LogP contribution in [0.4, 0.5) is 0 Å². The van der Waals surface area contributed by atoms with Gasteiger partial charge in [-0.05, 0) is 36.4 Å². The Kier molecular flexibility index (Phi) is 5.75. The van der Waals surface area contributed by atoms with E-state index in [2.05, 4.69) is 0 Å². The summed E-state index contributed by atoms with van der Waals surface area (Å²) in [6.07, 6.45) is 0. The zero-order valence-corrected chi connectivity index (χ0v) is 13.8. The second kappa shape index (κ2) is 7.62. The predicted molar refractivity (Wildman–Crippen MR) is 87.0 cm³/mol. The number of carbonyl (C=O) groups is 1. The molecule has 8 nitrogen and oxygen atoms in total. The lowest BCUT2D eigenvalue weighted by Crippen LogP contribution is -2.53. The van der Waals surface area contributed by atoms with Crippen LogP contribution in [0, 0.1) is 0 Å². The van der Waals surface area contributed by atoms with Crippen molar-refractivity contribution in [2.24, 2.45) is 0 Å². The summed E-state index contributed by atoms with van der Waals surface area (Å²) in [6.45, 7) is -1.17. The van der Waals surface area contributed by atoms with E-state index in [0.29, 0.717) is 11.5 Å². The van der Waals surface area contributed by atoms with Crippen LogP contribution in [0.3, 0.4) is 0 Å². The van der Waals surface area contributed by atoms with Crippen LogP contribution in [0.2, 0.25) is 0 Å². The second-order valence-electron chi connectivity index (χ2n) is 5.28. The summed E-state index contributed by atoms with van der Waals surface area (Å²) >= 11 is 0. The van der Waals surface area contributed by atoms with Gasteiger partial charge in [0.25, 0.3) is 5.91 Å². The van der Waals surface area contributed by atoms with E-state index in [9.17, 15) is 18.3 Å². The molecule has 1 unspecified atom stereocenters. The highest BCUT2D eigenvalue weighted by atomic mass is 32.2. The minimum atomic E-state index is -4.11. The first-order valence-corrected chi connectivity index (χ1v) is 8.79. The summed E-state index contributed by atoms with van der Waals surface area (Å²) in [4.78, 5) is 11.2. The Morgan fingerprint density at radius 2 is 1.60 bits per heavy atom. The van der Waals surface area contributed by atoms with Crippen molar-refractivity contribution in [1.29, 1.82) is 0 Å². The summed E-state index contributed by atoms with van der Waals surface area (Å²) in [7, 11) is -4.11. The van der Waals surface area contributed by atoms with Gasteiger partial charge in [-0.15, -0.1) is 0 Å². The minimum Gasteiger partial charge on any atom is -0.457 e. The number of benzene rings is 2. The molecule has 0 fully saturated rings. The Hall–Kier alpha value is -2.46. The van der Waals surface area contributed by atoms with Gasteiger partial charge in [0, 0.05) is 0 Å². The fourth-order valence-corrected chi connectivity index (χ4v) is 3.59. The molecule has 2 aromatic rings. The molecule has 0 aliphatic rings. The van der Waals surface area contributed by atoms with E-state index in [4.69, 9.17) is 15.1 Å². The van der Waals surface area contributed by atoms with Gasteiger partial charge in [0.15, 0.2) is 15.4 Å². The van der Waals surface area contributed by atoms with E-state index in [1.165, 1.54) is 24.3 Å². The molecule has 0 saturated heterocycles. The first-order chi connectivity index (χ1) is 11.8. The first kappa shape index (κ1) is 18.9. The van der Waals surface area contributed by atoms with Gasteiger partial charge < -0.3 is 14.9 Å². The first-order valence-electron chi connectivity index (χ1n) is 7.14. The second-order valence-corrected chi connectivity index (χ2v) is 7.27. The van der Waals surface area contributed by atoms with E-state index in [0.717, 1.165) is 5.48 Å². The smallest absolute Gasteiger partial charge is 0.278 e. The van der Waals surface area contributed by atoms with E-state index in [-0.39, 0.29) is 4.90 Å². The number of sulfone groups is 1. The van der Waals surface area contributed by atoms with Crippen LogP contribution < -0.4 is 10.2 Å². The van der Waals surface area contributed by atoms with Crippen LogP contribution in [0.1, 0.15) is 0 Å². The highest BCUT2D eigenvalue weighted by Gasteiger charge is 2.40. The van der Waals surface area contributed by atoms with E-state index >= 15 is 0 Å². The topological polar surface area (TPSA) is 133 Å². The van der Waals surface area contributed by atoms with Crippen molar-refractivity contribution in [2.75, 3.05) is 12.4 Å². The van der Waals surface area contributed by atoms with Crippen molar-refractivity contribution in [1.82, 2.24) is 5.48 Å². The molecule has 0 spiro atoms. The monoisotopic (exact) mass is 367 g/mol. The molecule has 0 aliphatic carbocycles. The van der Waals surface area contributed by atoms with Crippen LogP contribution in [0.15, 0.2) is 59.5 Å². The number of para-hydroxylation sites is 1. The predicted octanol–water partition coefficient (Wildman–Crippen LogP) is 0.481. The largest absolute Gasteiger partial charge is 0.457 e. The summed E-state index contributed by atoms with van der Waals surface area (Å²) in [5.41, 5.74) is -1.53. The minimum absolute atomic E-state index is 0.175. The maximum Gasteiger partial charge on any atom is 0.278 e. The van der Waals surface area contributed by atoms with Crippen LogP contribution in [0.5, 0.6) is 11.5 Å². The maximum absolute atomic E-state index is 12.3. The van der Waals surface area contributed by atoms with Gasteiger partial charge >= 0.3 is 0 Å². The lowest BCUT2D eigenvalue weighted by atomic mass is 10.1. The van der Waals surface area contributed by atoms with Gasteiger partial charge in [0.1, 0.15) is 11.5 Å². The molecule has 2 rings (SSSR count).